The number of ether oxygens (including phenoxy) is 3. The highest BCUT2D eigenvalue weighted by molar-refractivity contribution is 5.76. The van der Waals surface area contributed by atoms with Gasteiger partial charge in [0.1, 0.15) is 0 Å². The van der Waals surface area contributed by atoms with E-state index < -0.39 is 11.2 Å². The molecule has 0 heterocycles. The molecule has 0 aromatic rings. The lowest BCUT2D eigenvalue weighted by molar-refractivity contribution is -0.228. The normalized spacial score (nSPS) is 34.1. The Morgan fingerprint density at radius 3 is 2.13 bits per heavy atom. The first-order valence-corrected chi connectivity index (χ1v) is 5.13. The van der Waals surface area contributed by atoms with Crippen molar-refractivity contribution in [1.82, 2.24) is 0 Å². The van der Waals surface area contributed by atoms with E-state index in [0.717, 1.165) is 6.42 Å². The van der Waals surface area contributed by atoms with E-state index >= 15 is 0 Å². The summed E-state index contributed by atoms with van der Waals surface area (Å²) in [7, 11) is 4.64. The van der Waals surface area contributed by atoms with Gasteiger partial charge in [-0.2, -0.15) is 0 Å². The number of rotatable bonds is 3. The molecule has 0 saturated heterocycles. The van der Waals surface area contributed by atoms with Gasteiger partial charge in [0.2, 0.25) is 0 Å². The summed E-state index contributed by atoms with van der Waals surface area (Å²) in [4.78, 5) is 11.7. The van der Waals surface area contributed by atoms with Gasteiger partial charge in [-0.25, -0.2) is 0 Å². The number of esters is 1. The molecular weight excluding hydrogens is 196 g/mol. The first-order valence-electron chi connectivity index (χ1n) is 5.13. The van der Waals surface area contributed by atoms with Crippen molar-refractivity contribution in [3.05, 3.63) is 0 Å². The highest BCUT2D eigenvalue weighted by atomic mass is 16.7. The molecule has 88 valence electrons. The predicted molar refractivity (Wildman–Crippen MR) is 55.3 cm³/mol. The van der Waals surface area contributed by atoms with E-state index in [4.69, 9.17) is 14.2 Å². The second-order valence-electron chi connectivity index (χ2n) is 4.55. The molecule has 1 aliphatic carbocycles. The molecule has 0 aliphatic heterocycles. The molecular formula is C11H20O4. The van der Waals surface area contributed by atoms with E-state index in [9.17, 15) is 4.79 Å². The van der Waals surface area contributed by atoms with Crippen LogP contribution in [0.15, 0.2) is 0 Å². The van der Waals surface area contributed by atoms with E-state index in [1.165, 1.54) is 7.11 Å². The van der Waals surface area contributed by atoms with Gasteiger partial charge in [0.05, 0.1) is 12.5 Å². The summed E-state index contributed by atoms with van der Waals surface area (Å²) in [5.74, 6) is -0.662. The molecule has 0 spiro atoms. The van der Waals surface area contributed by atoms with Gasteiger partial charge in [0, 0.05) is 26.6 Å². The summed E-state index contributed by atoms with van der Waals surface area (Å²) in [5, 5.41) is 0. The molecule has 0 bridgehead atoms. The van der Waals surface area contributed by atoms with Gasteiger partial charge in [0.25, 0.3) is 0 Å². The van der Waals surface area contributed by atoms with Crippen LogP contribution in [0.5, 0.6) is 0 Å². The Bertz CT molecular complexity index is 247. The third kappa shape index (κ3) is 1.88. The highest BCUT2D eigenvalue weighted by Crippen LogP contribution is 2.50. The minimum absolute atomic E-state index is 0.177. The van der Waals surface area contributed by atoms with Crippen molar-refractivity contribution in [2.75, 3.05) is 21.3 Å². The smallest absolute Gasteiger partial charge is 0.311 e. The van der Waals surface area contributed by atoms with Crippen molar-refractivity contribution in [3.63, 3.8) is 0 Å². The Morgan fingerprint density at radius 1 is 1.27 bits per heavy atom. The molecule has 15 heavy (non-hydrogen) atoms. The van der Waals surface area contributed by atoms with Crippen LogP contribution in [0.4, 0.5) is 0 Å². The zero-order valence-corrected chi connectivity index (χ0v) is 10.1. The molecule has 4 heteroatoms. The monoisotopic (exact) mass is 216 g/mol. The predicted octanol–water partition coefficient (Wildman–Crippen LogP) is 1.58. The second-order valence-corrected chi connectivity index (χ2v) is 4.55. The molecule has 0 N–H and O–H groups in total. The maximum absolute atomic E-state index is 11.7. The fraction of sp³-hybridized carbons (Fsp3) is 0.909. The molecule has 2 atom stereocenters. The summed E-state index contributed by atoms with van der Waals surface area (Å²) < 4.78 is 15.7. The second kappa shape index (κ2) is 4.10. The topological polar surface area (TPSA) is 44.8 Å². The van der Waals surface area contributed by atoms with Crippen LogP contribution in [0, 0.1) is 11.3 Å². The maximum atomic E-state index is 11.7. The molecule has 0 radical (unpaired) electrons. The number of hydrogen-bond acceptors (Lipinski definition) is 4. The van der Waals surface area contributed by atoms with Gasteiger partial charge < -0.3 is 14.2 Å². The van der Waals surface area contributed by atoms with Gasteiger partial charge in [0.15, 0.2) is 5.79 Å². The number of methoxy groups -OCH3 is 3. The number of carbonyl (C=O) groups is 1. The van der Waals surface area contributed by atoms with Crippen LogP contribution < -0.4 is 0 Å². The van der Waals surface area contributed by atoms with Crippen molar-refractivity contribution in [3.8, 4) is 0 Å². The van der Waals surface area contributed by atoms with E-state index in [1.54, 1.807) is 14.2 Å². The Kier molecular flexibility index (Phi) is 3.41. The van der Waals surface area contributed by atoms with Crippen molar-refractivity contribution < 1.29 is 19.0 Å². The molecule has 0 aromatic heterocycles. The highest BCUT2D eigenvalue weighted by Gasteiger charge is 2.55. The summed E-state index contributed by atoms with van der Waals surface area (Å²) in [6.07, 6.45) is 1.27. The van der Waals surface area contributed by atoms with Crippen LogP contribution in [0.2, 0.25) is 0 Å². The fourth-order valence-corrected chi connectivity index (χ4v) is 2.65. The Labute approximate surface area is 90.9 Å². The maximum Gasteiger partial charge on any atom is 0.311 e. The van der Waals surface area contributed by atoms with Gasteiger partial charge >= 0.3 is 5.97 Å². The van der Waals surface area contributed by atoms with Gasteiger partial charge in [-0.15, -0.1) is 0 Å². The standard InChI is InChI=1S/C11H20O4/c1-8-6-10(2,9(12)13-3)7-11(8,14-4)15-5/h8H,6-7H2,1-5H3/t8-,10+/m1/s1. The Hall–Kier alpha value is -0.610. The zero-order valence-electron chi connectivity index (χ0n) is 10.1. The largest absolute Gasteiger partial charge is 0.469 e. The molecule has 0 amide bonds. The van der Waals surface area contributed by atoms with Gasteiger partial charge in [-0.3, -0.25) is 4.79 Å². The Balaban J connectivity index is 2.91. The van der Waals surface area contributed by atoms with Crippen LogP contribution in [0.1, 0.15) is 26.7 Å². The third-order valence-electron chi connectivity index (χ3n) is 3.51. The van der Waals surface area contributed by atoms with Crippen molar-refractivity contribution in [2.24, 2.45) is 11.3 Å². The average molecular weight is 216 g/mol. The van der Waals surface area contributed by atoms with Gasteiger partial charge in [-0.05, 0) is 13.3 Å². The fourth-order valence-electron chi connectivity index (χ4n) is 2.65. The molecule has 1 saturated carbocycles. The van der Waals surface area contributed by atoms with E-state index in [-0.39, 0.29) is 11.9 Å². The lowest BCUT2D eigenvalue weighted by atomic mass is 9.88. The van der Waals surface area contributed by atoms with Crippen LogP contribution in [-0.2, 0) is 19.0 Å². The molecule has 1 fully saturated rings. The minimum atomic E-state index is -0.650. The summed E-state index contributed by atoms with van der Waals surface area (Å²) in [6.45, 7) is 3.93. The summed E-state index contributed by atoms with van der Waals surface area (Å²) in [5.41, 5.74) is -0.500. The molecule has 1 aliphatic rings. The molecule has 0 aromatic carbocycles. The van der Waals surface area contributed by atoms with Gasteiger partial charge in [-0.1, -0.05) is 6.92 Å². The number of hydrogen-bond donors (Lipinski definition) is 0. The van der Waals surface area contributed by atoms with E-state index in [0.29, 0.717) is 6.42 Å². The lowest BCUT2D eigenvalue weighted by Crippen LogP contribution is -2.38. The molecule has 4 nitrogen and oxygen atoms in total. The Morgan fingerprint density at radius 2 is 1.80 bits per heavy atom. The first-order chi connectivity index (χ1) is 6.94. The van der Waals surface area contributed by atoms with Crippen molar-refractivity contribution in [1.29, 1.82) is 0 Å². The van der Waals surface area contributed by atoms with Crippen LogP contribution in [0.25, 0.3) is 0 Å². The van der Waals surface area contributed by atoms with Crippen LogP contribution in [0.3, 0.4) is 0 Å². The number of carbonyl (C=O) groups excluding carboxylic acids is 1. The van der Waals surface area contributed by atoms with Crippen LogP contribution >= 0.6 is 0 Å². The zero-order chi connectivity index (χ0) is 11.7. The minimum Gasteiger partial charge on any atom is -0.469 e. The first kappa shape index (κ1) is 12.5. The lowest BCUT2D eigenvalue weighted by Gasteiger charge is -2.31. The summed E-state index contributed by atoms with van der Waals surface area (Å²) in [6, 6.07) is 0. The van der Waals surface area contributed by atoms with Crippen molar-refractivity contribution >= 4 is 5.97 Å². The van der Waals surface area contributed by atoms with E-state index in [1.807, 2.05) is 13.8 Å². The molecule has 1 rings (SSSR count). The SMILES string of the molecule is COC(=O)[C@@]1(C)C[C@@H](C)C(OC)(OC)C1. The van der Waals surface area contributed by atoms with Crippen molar-refractivity contribution in [2.45, 2.75) is 32.5 Å². The van der Waals surface area contributed by atoms with Crippen LogP contribution in [-0.4, -0.2) is 33.1 Å². The molecule has 0 unspecified atom stereocenters. The third-order valence-corrected chi connectivity index (χ3v) is 3.51. The quantitative estimate of drug-likeness (QED) is 0.531. The van der Waals surface area contributed by atoms with E-state index in [2.05, 4.69) is 0 Å². The average Bonchev–Trinajstić information content (AvgIpc) is 2.50. The summed E-state index contributed by atoms with van der Waals surface area (Å²) >= 11 is 0.